The zero-order chi connectivity index (χ0) is 17.3. The topological polar surface area (TPSA) is 70.4 Å². The summed E-state index contributed by atoms with van der Waals surface area (Å²) in [6, 6.07) is 7.96. The first-order chi connectivity index (χ1) is 11.5. The van der Waals surface area contributed by atoms with Crippen molar-refractivity contribution in [2.24, 2.45) is 5.92 Å². The number of likely N-dealkylation sites (tertiary alicyclic amines) is 1. The highest BCUT2D eigenvalue weighted by atomic mass is 16.3. The Bertz CT molecular complexity index is 721. The average Bonchev–Trinajstić information content (AvgIpc) is 3.17. The van der Waals surface area contributed by atoms with E-state index in [2.05, 4.69) is 10.4 Å². The smallest absolute Gasteiger partial charge is 0.321 e. The zero-order valence-electron chi connectivity index (χ0n) is 14.4. The highest BCUT2D eigenvalue weighted by Crippen LogP contribution is 2.22. The van der Waals surface area contributed by atoms with Gasteiger partial charge in [0.1, 0.15) is 0 Å². The molecule has 1 saturated heterocycles. The van der Waals surface area contributed by atoms with Crippen LogP contribution in [0.4, 0.5) is 10.5 Å². The SMILES string of the molecule is Cc1ccc(-n2ncc(NC(=O)N3CCC(C(C)O)C3)c2C)cc1. The number of aliphatic hydroxyl groups excluding tert-OH is 1. The van der Waals surface area contributed by atoms with Crippen LogP contribution >= 0.6 is 0 Å². The van der Waals surface area contributed by atoms with Crippen molar-refractivity contribution in [3.8, 4) is 5.69 Å². The predicted molar refractivity (Wildman–Crippen MR) is 93.4 cm³/mol. The van der Waals surface area contributed by atoms with Crippen LogP contribution in [-0.4, -0.2) is 45.0 Å². The number of carbonyl (C=O) groups excluding carboxylic acids is 1. The summed E-state index contributed by atoms with van der Waals surface area (Å²) in [5.74, 6) is 0.159. The largest absolute Gasteiger partial charge is 0.393 e. The number of carbonyl (C=O) groups is 1. The van der Waals surface area contributed by atoms with Gasteiger partial charge in [0, 0.05) is 19.0 Å². The average molecular weight is 328 g/mol. The second-order valence-corrected chi connectivity index (χ2v) is 6.56. The van der Waals surface area contributed by atoms with Gasteiger partial charge in [0.25, 0.3) is 0 Å². The third-order valence-electron chi connectivity index (χ3n) is 4.72. The summed E-state index contributed by atoms with van der Waals surface area (Å²) in [6.45, 7) is 7.02. The lowest BCUT2D eigenvalue weighted by atomic mass is 10.0. The molecule has 1 aromatic carbocycles. The van der Waals surface area contributed by atoms with Gasteiger partial charge in [0.2, 0.25) is 0 Å². The van der Waals surface area contributed by atoms with E-state index in [1.54, 1.807) is 18.0 Å². The van der Waals surface area contributed by atoms with Gasteiger partial charge < -0.3 is 15.3 Å². The number of hydrogen-bond acceptors (Lipinski definition) is 3. The number of urea groups is 1. The lowest BCUT2D eigenvalue weighted by Crippen LogP contribution is -2.34. The number of amides is 2. The molecule has 24 heavy (non-hydrogen) atoms. The normalized spacial score (nSPS) is 18.7. The van der Waals surface area contributed by atoms with Crippen molar-refractivity contribution in [3.63, 3.8) is 0 Å². The Morgan fingerprint density at radius 3 is 2.67 bits per heavy atom. The fraction of sp³-hybridized carbons (Fsp3) is 0.444. The van der Waals surface area contributed by atoms with E-state index in [0.717, 1.165) is 17.8 Å². The molecule has 2 atom stereocenters. The number of benzene rings is 1. The molecular formula is C18H24N4O2. The molecule has 0 radical (unpaired) electrons. The Balaban J connectivity index is 1.70. The standard InChI is InChI=1S/C18H24N4O2/c1-12-4-6-16(7-5-12)22-13(2)17(10-19-22)20-18(24)21-9-8-15(11-21)14(3)23/h4-7,10,14-15,23H,8-9,11H2,1-3H3,(H,20,24). The highest BCUT2D eigenvalue weighted by Gasteiger charge is 2.29. The lowest BCUT2D eigenvalue weighted by molar-refractivity contribution is 0.130. The molecule has 0 bridgehead atoms. The molecule has 6 nitrogen and oxygen atoms in total. The maximum atomic E-state index is 12.4. The molecule has 1 aliphatic heterocycles. The molecule has 0 saturated carbocycles. The molecule has 0 spiro atoms. The molecule has 2 N–H and O–H groups in total. The van der Waals surface area contributed by atoms with Gasteiger partial charge in [-0.05, 0) is 39.3 Å². The summed E-state index contributed by atoms with van der Waals surface area (Å²) < 4.78 is 1.82. The summed E-state index contributed by atoms with van der Waals surface area (Å²) >= 11 is 0. The van der Waals surface area contributed by atoms with E-state index in [9.17, 15) is 9.90 Å². The van der Waals surface area contributed by atoms with Crippen LogP contribution in [0.25, 0.3) is 5.69 Å². The van der Waals surface area contributed by atoms with Crippen LogP contribution in [0.5, 0.6) is 0 Å². The quantitative estimate of drug-likeness (QED) is 0.910. The van der Waals surface area contributed by atoms with Gasteiger partial charge in [-0.15, -0.1) is 0 Å². The van der Waals surface area contributed by atoms with E-state index < -0.39 is 0 Å². The minimum Gasteiger partial charge on any atom is -0.393 e. The Kier molecular flexibility index (Phi) is 4.57. The third-order valence-corrected chi connectivity index (χ3v) is 4.72. The highest BCUT2D eigenvalue weighted by molar-refractivity contribution is 5.90. The summed E-state index contributed by atoms with van der Waals surface area (Å²) in [5.41, 5.74) is 3.76. The van der Waals surface area contributed by atoms with Crippen molar-refractivity contribution in [3.05, 3.63) is 41.7 Å². The van der Waals surface area contributed by atoms with Gasteiger partial charge in [-0.3, -0.25) is 0 Å². The number of aryl methyl sites for hydroxylation is 1. The van der Waals surface area contributed by atoms with Crippen molar-refractivity contribution < 1.29 is 9.90 Å². The minimum absolute atomic E-state index is 0.135. The Hall–Kier alpha value is -2.34. The van der Waals surface area contributed by atoms with E-state index in [1.807, 2.05) is 42.8 Å². The molecule has 2 unspecified atom stereocenters. The molecule has 3 rings (SSSR count). The summed E-state index contributed by atoms with van der Waals surface area (Å²) in [7, 11) is 0. The van der Waals surface area contributed by atoms with E-state index in [1.165, 1.54) is 5.56 Å². The van der Waals surface area contributed by atoms with Crippen LogP contribution in [0, 0.1) is 19.8 Å². The molecule has 128 valence electrons. The first-order valence-corrected chi connectivity index (χ1v) is 8.31. The summed E-state index contributed by atoms with van der Waals surface area (Å²) in [5, 5.41) is 17.0. The maximum Gasteiger partial charge on any atom is 0.321 e. The number of aliphatic hydroxyl groups is 1. The minimum atomic E-state index is -0.381. The summed E-state index contributed by atoms with van der Waals surface area (Å²) in [6.07, 6.45) is 2.14. The molecule has 0 aliphatic carbocycles. The second kappa shape index (κ2) is 6.65. The first-order valence-electron chi connectivity index (χ1n) is 8.31. The van der Waals surface area contributed by atoms with Crippen molar-refractivity contribution in [1.82, 2.24) is 14.7 Å². The predicted octanol–water partition coefficient (Wildman–Crippen LogP) is 2.72. The maximum absolute atomic E-state index is 12.4. The van der Waals surface area contributed by atoms with Gasteiger partial charge in [0.15, 0.2) is 0 Å². The van der Waals surface area contributed by atoms with Crippen molar-refractivity contribution in [2.45, 2.75) is 33.3 Å². The number of nitrogens with zero attached hydrogens (tertiary/aromatic N) is 3. The number of hydrogen-bond donors (Lipinski definition) is 2. The van der Waals surface area contributed by atoms with Crippen LogP contribution in [0.1, 0.15) is 24.6 Å². The van der Waals surface area contributed by atoms with Crippen LogP contribution < -0.4 is 5.32 Å². The van der Waals surface area contributed by atoms with Gasteiger partial charge in [-0.1, -0.05) is 17.7 Å². The Morgan fingerprint density at radius 1 is 1.33 bits per heavy atom. The van der Waals surface area contributed by atoms with E-state index in [0.29, 0.717) is 18.8 Å². The van der Waals surface area contributed by atoms with E-state index in [4.69, 9.17) is 0 Å². The number of aromatic nitrogens is 2. The van der Waals surface area contributed by atoms with Crippen molar-refractivity contribution >= 4 is 11.7 Å². The van der Waals surface area contributed by atoms with E-state index >= 15 is 0 Å². The number of nitrogens with one attached hydrogen (secondary N) is 1. The third kappa shape index (κ3) is 3.28. The molecule has 2 aromatic rings. The second-order valence-electron chi connectivity index (χ2n) is 6.56. The number of rotatable bonds is 3. The Labute approximate surface area is 142 Å². The van der Waals surface area contributed by atoms with Crippen LogP contribution in [0.3, 0.4) is 0 Å². The molecule has 1 aliphatic rings. The van der Waals surface area contributed by atoms with Gasteiger partial charge in [-0.2, -0.15) is 5.10 Å². The van der Waals surface area contributed by atoms with Crippen LogP contribution in [0.2, 0.25) is 0 Å². The van der Waals surface area contributed by atoms with E-state index in [-0.39, 0.29) is 18.1 Å². The molecule has 1 aromatic heterocycles. The van der Waals surface area contributed by atoms with Crippen molar-refractivity contribution in [2.75, 3.05) is 18.4 Å². The van der Waals surface area contributed by atoms with Crippen LogP contribution in [0.15, 0.2) is 30.5 Å². The van der Waals surface area contributed by atoms with Gasteiger partial charge in [0.05, 0.1) is 29.4 Å². The zero-order valence-corrected chi connectivity index (χ0v) is 14.4. The fourth-order valence-electron chi connectivity index (χ4n) is 3.04. The lowest BCUT2D eigenvalue weighted by Gasteiger charge is -2.18. The summed E-state index contributed by atoms with van der Waals surface area (Å²) in [4.78, 5) is 14.2. The number of anilines is 1. The fourth-order valence-corrected chi connectivity index (χ4v) is 3.04. The molecule has 6 heteroatoms. The Morgan fingerprint density at radius 2 is 2.04 bits per heavy atom. The molecule has 1 fully saturated rings. The molecule has 2 heterocycles. The van der Waals surface area contributed by atoms with Crippen molar-refractivity contribution in [1.29, 1.82) is 0 Å². The van der Waals surface area contributed by atoms with Crippen LogP contribution in [-0.2, 0) is 0 Å². The van der Waals surface area contributed by atoms with Gasteiger partial charge in [-0.25, -0.2) is 9.48 Å². The monoisotopic (exact) mass is 328 g/mol. The molecular weight excluding hydrogens is 304 g/mol. The molecule has 2 amide bonds. The first kappa shape index (κ1) is 16.5. The van der Waals surface area contributed by atoms with Gasteiger partial charge >= 0.3 is 6.03 Å².